The number of fused-ring (bicyclic) bond motifs is 4. The molecule has 2 aliphatic rings. The van der Waals surface area contributed by atoms with Crippen LogP contribution in [0.5, 0.6) is 0 Å². The summed E-state index contributed by atoms with van der Waals surface area (Å²) in [5.74, 6) is -0.267. The Hall–Kier alpha value is -2.47. The number of carbonyl (C=O) groups is 1. The normalized spacial score (nSPS) is 17.4. The minimum Gasteiger partial charge on any atom is -0.369 e. The van der Waals surface area contributed by atoms with Gasteiger partial charge in [-0.25, -0.2) is 4.39 Å². The summed E-state index contributed by atoms with van der Waals surface area (Å²) in [5, 5.41) is 0.837. The zero-order valence-corrected chi connectivity index (χ0v) is 17.3. The van der Waals surface area contributed by atoms with Crippen molar-refractivity contribution in [2.24, 2.45) is 0 Å². The average Bonchev–Trinajstić information content (AvgIpc) is 2.90. The van der Waals surface area contributed by atoms with Gasteiger partial charge in [-0.2, -0.15) is 0 Å². The fourth-order valence-electron chi connectivity index (χ4n) is 4.49. The summed E-state index contributed by atoms with van der Waals surface area (Å²) >= 11 is 3.28. The molecular weight excluding hydrogens is 421 g/mol. The molecule has 6 heteroatoms. The van der Waals surface area contributed by atoms with E-state index in [2.05, 4.69) is 57.0 Å². The highest BCUT2D eigenvalue weighted by molar-refractivity contribution is 9.10. The van der Waals surface area contributed by atoms with Crippen LogP contribution in [0, 0.1) is 5.82 Å². The van der Waals surface area contributed by atoms with E-state index in [1.165, 1.54) is 11.6 Å². The van der Waals surface area contributed by atoms with Crippen LogP contribution in [0.25, 0.3) is 10.9 Å². The predicted molar refractivity (Wildman–Crippen MR) is 113 cm³/mol. The maximum Gasteiger partial charge on any atom is 0.241 e. The number of carbonyl (C=O) groups excluding carboxylic acids is 1. The molecule has 3 heterocycles. The monoisotopic (exact) mass is 439 g/mol. The highest BCUT2D eigenvalue weighted by atomic mass is 79.9. The zero-order valence-electron chi connectivity index (χ0n) is 15.7. The maximum absolute atomic E-state index is 14.0. The Morgan fingerprint density at radius 2 is 1.93 bits per heavy atom. The minimum atomic E-state index is -0.605. The second kappa shape index (κ2) is 6.01. The van der Waals surface area contributed by atoms with E-state index >= 15 is 0 Å². The SMILES string of the molecule is CCc1ccc(N2CC3(C2)C(=O)N(C)c2cnc4cc(F)c(Br)cc4c23)cc1. The van der Waals surface area contributed by atoms with Gasteiger partial charge in [0.15, 0.2) is 0 Å². The van der Waals surface area contributed by atoms with Crippen LogP contribution in [-0.4, -0.2) is 31.0 Å². The molecule has 1 fully saturated rings. The van der Waals surface area contributed by atoms with E-state index in [-0.39, 0.29) is 11.7 Å². The molecule has 0 saturated carbocycles. The molecule has 28 heavy (non-hydrogen) atoms. The first-order valence-corrected chi connectivity index (χ1v) is 10.1. The molecule has 0 N–H and O–H groups in total. The molecule has 0 unspecified atom stereocenters. The molecule has 3 aromatic rings. The molecule has 5 rings (SSSR count). The van der Waals surface area contributed by atoms with E-state index in [0.29, 0.717) is 23.1 Å². The third-order valence-electron chi connectivity index (χ3n) is 6.08. The van der Waals surface area contributed by atoms with Gasteiger partial charge in [0, 0.05) is 42.8 Å². The van der Waals surface area contributed by atoms with E-state index in [4.69, 9.17) is 0 Å². The lowest BCUT2D eigenvalue weighted by Crippen LogP contribution is -2.64. The minimum absolute atomic E-state index is 0.0821. The Bertz CT molecular complexity index is 1120. The van der Waals surface area contributed by atoms with E-state index in [9.17, 15) is 9.18 Å². The number of amides is 1. The summed E-state index contributed by atoms with van der Waals surface area (Å²) in [6.45, 7) is 3.36. The third-order valence-corrected chi connectivity index (χ3v) is 6.68. The van der Waals surface area contributed by atoms with Gasteiger partial charge in [0.1, 0.15) is 11.2 Å². The second-order valence-electron chi connectivity index (χ2n) is 7.62. The van der Waals surface area contributed by atoms with Crippen molar-refractivity contribution in [2.75, 3.05) is 29.9 Å². The van der Waals surface area contributed by atoms with Crippen LogP contribution in [-0.2, 0) is 16.6 Å². The maximum atomic E-state index is 14.0. The molecule has 0 bridgehead atoms. The third kappa shape index (κ3) is 2.27. The second-order valence-corrected chi connectivity index (χ2v) is 8.48. The highest BCUT2D eigenvalue weighted by Gasteiger charge is 2.58. The van der Waals surface area contributed by atoms with E-state index in [1.54, 1.807) is 24.2 Å². The number of hydrogen-bond donors (Lipinski definition) is 0. The molecule has 1 spiro atoms. The molecule has 0 radical (unpaired) electrons. The first kappa shape index (κ1) is 17.6. The smallest absolute Gasteiger partial charge is 0.241 e. The molecule has 0 atom stereocenters. The number of aryl methyl sites for hydroxylation is 1. The average molecular weight is 440 g/mol. The first-order valence-electron chi connectivity index (χ1n) is 9.35. The van der Waals surface area contributed by atoms with E-state index in [0.717, 1.165) is 28.7 Å². The molecule has 0 aliphatic carbocycles. The van der Waals surface area contributed by atoms with Crippen molar-refractivity contribution in [1.29, 1.82) is 0 Å². The van der Waals surface area contributed by atoms with Crippen molar-refractivity contribution in [1.82, 2.24) is 4.98 Å². The number of hydrogen-bond acceptors (Lipinski definition) is 3. The predicted octanol–water partition coefficient (Wildman–Crippen LogP) is 4.43. The van der Waals surface area contributed by atoms with E-state index < -0.39 is 5.41 Å². The number of pyridine rings is 1. The Morgan fingerprint density at radius 3 is 2.61 bits per heavy atom. The van der Waals surface area contributed by atoms with Crippen LogP contribution in [0.15, 0.2) is 47.1 Å². The van der Waals surface area contributed by atoms with Gasteiger partial charge < -0.3 is 9.80 Å². The molecule has 1 aromatic heterocycles. The molecule has 2 aromatic carbocycles. The van der Waals surface area contributed by atoms with Crippen LogP contribution in [0.4, 0.5) is 15.8 Å². The summed E-state index contributed by atoms with van der Waals surface area (Å²) < 4.78 is 14.4. The van der Waals surface area contributed by atoms with Crippen molar-refractivity contribution < 1.29 is 9.18 Å². The number of rotatable bonds is 2. The summed E-state index contributed by atoms with van der Waals surface area (Å²) in [5.41, 5.74) is 4.17. The Balaban J connectivity index is 1.60. The van der Waals surface area contributed by atoms with Crippen molar-refractivity contribution in [3.63, 3.8) is 0 Å². The van der Waals surface area contributed by atoms with Crippen molar-refractivity contribution in [2.45, 2.75) is 18.8 Å². The zero-order chi connectivity index (χ0) is 19.6. The summed E-state index contributed by atoms with van der Waals surface area (Å²) in [4.78, 5) is 21.5. The molecule has 4 nitrogen and oxygen atoms in total. The van der Waals surface area contributed by atoms with Crippen LogP contribution in [0.1, 0.15) is 18.1 Å². The van der Waals surface area contributed by atoms with Gasteiger partial charge >= 0.3 is 0 Å². The fourth-order valence-corrected chi connectivity index (χ4v) is 4.84. The summed E-state index contributed by atoms with van der Waals surface area (Å²) in [6, 6.07) is 11.7. The van der Waals surface area contributed by atoms with Gasteiger partial charge in [0.2, 0.25) is 5.91 Å². The summed E-state index contributed by atoms with van der Waals surface area (Å²) in [6.07, 6.45) is 2.70. The van der Waals surface area contributed by atoms with Gasteiger partial charge in [-0.3, -0.25) is 9.78 Å². The largest absolute Gasteiger partial charge is 0.369 e. The standard InChI is InChI=1S/C22H19BrFN3O/c1-3-13-4-6-14(7-5-13)27-11-22(12-27)20-15-8-16(23)17(24)9-18(15)25-10-19(20)26(2)21(22)28/h4-10H,3,11-12H2,1-2H3. The highest BCUT2D eigenvalue weighted by Crippen LogP contribution is 2.50. The van der Waals surface area contributed by atoms with Crippen molar-refractivity contribution >= 4 is 44.1 Å². The van der Waals surface area contributed by atoms with Gasteiger partial charge in [0.25, 0.3) is 0 Å². The summed E-state index contributed by atoms with van der Waals surface area (Å²) in [7, 11) is 1.79. The molecule has 1 saturated heterocycles. The number of aromatic nitrogens is 1. The first-order chi connectivity index (χ1) is 13.4. The number of halogens is 2. The Morgan fingerprint density at radius 1 is 1.21 bits per heavy atom. The van der Waals surface area contributed by atoms with Crippen molar-refractivity contribution in [3.05, 3.63) is 64.0 Å². The Labute approximate surface area is 171 Å². The molecular formula is C22H19BrFN3O. The Kier molecular flexibility index (Phi) is 3.78. The van der Waals surface area contributed by atoms with Crippen LogP contribution >= 0.6 is 15.9 Å². The van der Waals surface area contributed by atoms with Crippen LogP contribution in [0.2, 0.25) is 0 Å². The number of nitrogens with zero attached hydrogens (tertiary/aromatic N) is 3. The van der Waals surface area contributed by atoms with Gasteiger partial charge in [-0.05, 0) is 46.1 Å². The van der Waals surface area contributed by atoms with Gasteiger partial charge in [0.05, 0.1) is 21.9 Å². The topological polar surface area (TPSA) is 36.4 Å². The lowest BCUT2D eigenvalue weighted by molar-refractivity contribution is -0.123. The number of anilines is 2. The van der Waals surface area contributed by atoms with Crippen LogP contribution < -0.4 is 9.80 Å². The van der Waals surface area contributed by atoms with Crippen molar-refractivity contribution in [3.8, 4) is 0 Å². The molecule has 142 valence electrons. The van der Waals surface area contributed by atoms with Crippen LogP contribution in [0.3, 0.4) is 0 Å². The fraction of sp³-hybridized carbons (Fsp3) is 0.273. The van der Waals surface area contributed by atoms with Gasteiger partial charge in [-0.15, -0.1) is 0 Å². The molecule has 2 aliphatic heterocycles. The number of likely N-dealkylation sites (N-methyl/N-ethyl adjacent to an activating group) is 1. The van der Waals surface area contributed by atoms with Gasteiger partial charge in [-0.1, -0.05) is 19.1 Å². The quantitative estimate of drug-likeness (QED) is 0.592. The number of benzene rings is 2. The lowest BCUT2D eigenvalue weighted by Gasteiger charge is -2.48. The molecule has 1 amide bonds. The van der Waals surface area contributed by atoms with E-state index in [1.807, 2.05) is 0 Å². The lowest BCUT2D eigenvalue weighted by atomic mass is 9.73.